The number of esters is 1. The van der Waals surface area contributed by atoms with E-state index in [1.165, 1.54) is 6.21 Å². The first-order valence-corrected chi connectivity index (χ1v) is 12.6. The summed E-state index contributed by atoms with van der Waals surface area (Å²) in [6.45, 7) is 2.54. The summed E-state index contributed by atoms with van der Waals surface area (Å²) in [6.07, 6.45) is 3.50. The molecule has 0 radical (unpaired) electrons. The van der Waals surface area contributed by atoms with Gasteiger partial charge in [0.2, 0.25) is 0 Å². The molecule has 0 heterocycles. The summed E-state index contributed by atoms with van der Waals surface area (Å²) >= 11 is 6.15. The number of unbranched alkanes of at least 4 members (excludes halogenated alkanes) is 1. The lowest BCUT2D eigenvalue weighted by Gasteiger charge is -2.11. The number of nitrogens with zero attached hydrogens (tertiary/aromatic N) is 1. The molecule has 4 aromatic carbocycles. The van der Waals surface area contributed by atoms with Crippen molar-refractivity contribution in [1.29, 1.82) is 0 Å². The Bertz CT molecular complexity index is 1440. The molecule has 1 amide bonds. The largest absolute Gasteiger partial charge is 0.494 e. The topological polar surface area (TPSA) is 86.2 Å². The molecule has 194 valence electrons. The smallest absolute Gasteiger partial charge is 0.345 e. The van der Waals surface area contributed by atoms with Gasteiger partial charge in [-0.3, -0.25) is 4.79 Å². The molecule has 8 heteroatoms. The van der Waals surface area contributed by atoms with Crippen LogP contribution in [0.4, 0.5) is 0 Å². The molecular weight excluding hydrogens is 504 g/mol. The Morgan fingerprint density at radius 1 is 0.895 bits per heavy atom. The van der Waals surface area contributed by atoms with Crippen molar-refractivity contribution in [2.45, 2.75) is 19.8 Å². The number of carbonyl (C=O) groups is 2. The molecule has 4 aromatic rings. The van der Waals surface area contributed by atoms with Crippen molar-refractivity contribution in [3.05, 3.63) is 101 Å². The second kappa shape index (κ2) is 13.3. The number of nitrogens with one attached hydrogen (secondary N) is 1. The molecule has 0 aromatic heterocycles. The Morgan fingerprint density at radius 3 is 2.37 bits per heavy atom. The second-order valence-electron chi connectivity index (χ2n) is 8.32. The summed E-state index contributed by atoms with van der Waals surface area (Å²) in [7, 11) is 0. The second-order valence-corrected chi connectivity index (χ2v) is 8.73. The summed E-state index contributed by atoms with van der Waals surface area (Å²) in [5.74, 6) is 0.527. The van der Waals surface area contributed by atoms with E-state index in [0.717, 1.165) is 29.4 Å². The summed E-state index contributed by atoms with van der Waals surface area (Å²) in [6, 6.07) is 24.8. The van der Waals surface area contributed by atoms with Gasteiger partial charge in [-0.2, -0.15) is 5.10 Å². The first kappa shape index (κ1) is 26.7. The predicted octanol–water partition coefficient (Wildman–Crippen LogP) is 6.42. The van der Waals surface area contributed by atoms with E-state index in [0.29, 0.717) is 22.9 Å². The van der Waals surface area contributed by atoms with E-state index in [4.69, 9.17) is 25.8 Å². The van der Waals surface area contributed by atoms with Gasteiger partial charge in [0, 0.05) is 5.56 Å². The van der Waals surface area contributed by atoms with Crippen LogP contribution in [0.15, 0.2) is 90.0 Å². The van der Waals surface area contributed by atoms with E-state index in [1.54, 1.807) is 54.6 Å². The van der Waals surface area contributed by atoms with Gasteiger partial charge in [0.25, 0.3) is 5.91 Å². The Kier molecular flexibility index (Phi) is 9.32. The third-order valence-corrected chi connectivity index (χ3v) is 5.90. The number of rotatable bonds is 11. The van der Waals surface area contributed by atoms with E-state index >= 15 is 0 Å². The van der Waals surface area contributed by atoms with E-state index < -0.39 is 11.9 Å². The van der Waals surface area contributed by atoms with Crippen LogP contribution in [0.25, 0.3) is 10.8 Å². The molecule has 0 fully saturated rings. The number of fused-ring (bicyclic) bond motifs is 1. The highest BCUT2D eigenvalue weighted by Gasteiger charge is 2.16. The molecule has 38 heavy (non-hydrogen) atoms. The fourth-order valence-electron chi connectivity index (χ4n) is 3.60. The molecular formula is C30H27ClN2O5. The zero-order chi connectivity index (χ0) is 26.7. The maximum absolute atomic E-state index is 12.8. The molecule has 0 spiro atoms. The molecule has 0 unspecified atom stereocenters. The highest BCUT2D eigenvalue weighted by Crippen LogP contribution is 2.28. The molecule has 1 N–H and O–H groups in total. The van der Waals surface area contributed by atoms with Crippen LogP contribution >= 0.6 is 11.6 Å². The van der Waals surface area contributed by atoms with Crippen LogP contribution in [0, 0.1) is 0 Å². The molecule has 0 bridgehead atoms. The number of ether oxygens (including phenoxy) is 3. The lowest BCUT2D eigenvalue weighted by molar-refractivity contribution is -0.123. The predicted molar refractivity (Wildman–Crippen MR) is 148 cm³/mol. The van der Waals surface area contributed by atoms with E-state index in [1.807, 2.05) is 30.3 Å². The molecule has 0 aliphatic carbocycles. The SMILES string of the molecule is CCCCOc1ccc(OCC(=O)NN=Cc2c(OC(=O)c3ccccc3Cl)ccc3ccccc23)cc1. The first-order valence-electron chi connectivity index (χ1n) is 12.2. The molecule has 0 aliphatic rings. The van der Waals surface area contributed by atoms with Crippen molar-refractivity contribution in [3.63, 3.8) is 0 Å². The first-order chi connectivity index (χ1) is 18.5. The zero-order valence-electron chi connectivity index (χ0n) is 20.9. The number of benzene rings is 4. The van der Waals surface area contributed by atoms with Gasteiger partial charge in [-0.15, -0.1) is 0 Å². The molecule has 0 aliphatic heterocycles. The van der Waals surface area contributed by atoms with Crippen LogP contribution < -0.4 is 19.6 Å². The van der Waals surface area contributed by atoms with Crippen LogP contribution in [-0.4, -0.2) is 31.3 Å². The van der Waals surface area contributed by atoms with Gasteiger partial charge >= 0.3 is 5.97 Å². The lowest BCUT2D eigenvalue weighted by atomic mass is 10.0. The maximum Gasteiger partial charge on any atom is 0.345 e. The molecule has 0 atom stereocenters. The molecule has 0 saturated carbocycles. The average molecular weight is 531 g/mol. The molecule has 4 rings (SSSR count). The minimum Gasteiger partial charge on any atom is -0.494 e. The number of halogens is 1. The van der Waals surface area contributed by atoms with Crippen LogP contribution in [0.1, 0.15) is 35.7 Å². The fourth-order valence-corrected chi connectivity index (χ4v) is 3.81. The van der Waals surface area contributed by atoms with Crippen molar-refractivity contribution < 1.29 is 23.8 Å². The van der Waals surface area contributed by atoms with E-state index in [-0.39, 0.29) is 17.9 Å². The summed E-state index contributed by atoms with van der Waals surface area (Å²) in [4.78, 5) is 25.1. The number of amides is 1. The van der Waals surface area contributed by atoms with Crippen molar-refractivity contribution >= 4 is 40.5 Å². The molecule has 7 nitrogen and oxygen atoms in total. The van der Waals surface area contributed by atoms with Gasteiger partial charge < -0.3 is 14.2 Å². The fraction of sp³-hybridized carbons (Fsp3) is 0.167. The lowest BCUT2D eigenvalue weighted by Crippen LogP contribution is -2.24. The quantitative estimate of drug-likeness (QED) is 0.0794. The van der Waals surface area contributed by atoms with Crippen molar-refractivity contribution in [2.75, 3.05) is 13.2 Å². The summed E-state index contributed by atoms with van der Waals surface area (Å²) in [5.41, 5.74) is 3.23. The summed E-state index contributed by atoms with van der Waals surface area (Å²) in [5, 5.41) is 6.09. The van der Waals surface area contributed by atoms with Gasteiger partial charge in [0.1, 0.15) is 17.2 Å². The third kappa shape index (κ3) is 7.11. The van der Waals surface area contributed by atoms with Crippen LogP contribution in [-0.2, 0) is 4.79 Å². The zero-order valence-corrected chi connectivity index (χ0v) is 21.6. The van der Waals surface area contributed by atoms with Crippen LogP contribution in [0.2, 0.25) is 5.02 Å². The Labute approximate surface area is 226 Å². The van der Waals surface area contributed by atoms with Gasteiger partial charge in [-0.05, 0) is 59.7 Å². The number of hydrogen-bond acceptors (Lipinski definition) is 6. The van der Waals surface area contributed by atoms with Gasteiger partial charge in [0.05, 0.1) is 23.4 Å². The molecule has 0 saturated heterocycles. The van der Waals surface area contributed by atoms with Crippen molar-refractivity contribution in [2.24, 2.45) is 5.10 Å². The van der Waals surface area contributed by atoms with Crippen LogP contribution in [0.3, 0.4) is 0 Å². The maximum atomic E-state index is 12.8. The van der Waals surface area contributed by atoms with Crippen LogP contribution in [0.5, 0.6) is 17.2 Å². The normalized spacial score (nSPS) is 10.9. The Balaban J connectivity index is 1.41. The Hall–Kier alpha value is -4.36. The van der Waals surface area contributed by atoms with Crippen molar-refractivity contribution in [1.82, 2.24) is 5.43 Å². The van der Waals surface area contributed by atoms with Gasteiger partial charge in [-0.1, -0.05) is 67.4 Å². The number of hydrogen-bond donors (Lipinski definition) is 1. The summed E-state index contributed by atoms with van der Waals surface area (Å²) < 4.78 is 16.8. The third-order valence-electron chi connectivity index (χ3n) is 5.57. The standard InChI is InChI=1S/C30H27ClN2O5/c1-2-3-18-36-22-13-15-23(16-14-22)37-20-29(34)33-32-19-26-24-9-5-4-8-21(24)12-17-28(26)38-30(35)25-10-6-7-11-27(25)31/h4-17,19H,2-3,18,20H2,1H3,(H,33,34). The van der Waals surface area contributed by atoms with Gasteiger partial charge in [0.15, 0.2) is 6.61 Å². The minimum atomic E-state index is -0.597. The van der Waals surface area contributed by atoms with E-state index in [9.17, 15) is 9.59 Å². The van der Waals surface area contributed by atoms with Crippen molar-refractivity contribution in [3.8, 4) is 17.2 Å². The number of carbonyl (C=O) groups excluding carboxylic acids is 2. The minimum absolute atomic E-state index is 0.225. The highest BCUT2D eigenvalue weighted by molar-refractivity contribution is 6.33. The van der Waals surface area contributed by atoms with E-state index in [2.05, 4.69) is 17.5 Å². The Morgan fingerprint density at radius 2 is 1.61 bits per heavy atom. The number of hydrazone groups is 1. The highest BCUT2D eigenvalue weighted by atomic mass is 35.5. The monoisotopic (exact) mass is 530 g/mol. The van der Waals surface area contributed by atoms with Gasteiger partial charge in [-0.25, -0.2) is 10.2 Å². The average Bonchev–Trinajstić information content (AvgIpc) is 2.94.